The summed E-state index contributed by atoms with van der Waals surface area (Å²) < 4.78 is 37.5. The van der Waals surface area contributed by atoms with Crippen LogP contribution in [0.3, 0.4) is 0 Å². The van der Waals surface area contributed by atoms with Gasteiger partial charge in [-0.25, -0.2) is 0 Å². The van der Waals surface area contributed by atoms with Gasteiger partial charge in [-0.15, -0.1) is 11.6 Å². The van der Waals surface area contributed by atoms with Gasteiger partial charge in [0.1, 0.15) is 11.9 Å². The SMILES string of the molecule is Oc1ccc(C(O)C(O)CCCl)cc1C(F)(F)F. The minimum atomic E-state index is -4.72. The van der Waals surface area contributed by atoms with Crippen molar-refractivity contribution in [2.24, 2.45) is 0 Å². The van der Waals surface area contributed by atoms with E-state index >= 15 is 0 Å². The quantitative estimate of drug-likeness (QED) is 0.744. The smallest absolute Gasteiger partial charge is 0.419 e. The first-order chi connectivity index (χ1) is 8.27. The van der Waals surface area contributed by atoms with Crippen molar-refractivity contribution in [1.82, 2.24) is 0 Å². The second-order valence-electron chi connectivity index (χ2n) is 3.76. The van der Waals surface area contributed by atoms with Gasteiger partial charge >= 0.3 is 6.18 Å². The summed E-state index contributed by atoms with van der Waals surface area (Å²) in [5.74, 6) is -0.854. The number of phenolic OH excluding ortho intramolecular Hbond substituents is 1. The monoisotopic (exact) mass is 284 g/mol. The van der Waals surface area contributed by atoms with E-state index in [0.717, 1.165) is 12.1 Å². The van der Waals surface area contributed by atoms with Crippen molar-refractivity contribution in [3.63, 3.8) is 0 Å². The molecular weight excluding hydrogens is 273 g/mol. The number of hydrogen-bond acceptors (Lipinski definition) is 3. The molecular formula is C11H12ClF3O3. The lowest BCUT2D eigenvalue weighted by molar-refractivity contribution is -0.138. The molecule has 3 N–H and O–H groups in total. The molecule has 7 heteroatoms. The first kappa shape index (κ1) is 15.1. The molecule has 0 aromatic heterocycles. The molecule has 2 atom stereocenters. The van der Waals surface area contributed by atoms with E-state index in [1.165, 1.54) is 0 Å². The van der Waals surface area contributed by atoms with Crippen molar-refractivity contribution in [1.29, 1.82) is 0 Å². The molecule has 0 spiro atoms. The Morgan fingerprint density at radius 3 is 2.33 bits per heavy atom. The molecule has 0 bridgehead atoms. The van der Waals surface area contributed by atoms with E-state index in [1.54, 1.807) is 0 Å². The highest BCUT2D eigenvalue weighted by atomic mass is 35.5. The van der Waals surface area contributed by atoms with Crippen molar-refractivity contribution >= 4 is 11.6 Å². The molecule has 1 rings (SSSR count). The van der Waals surface area contributed by atoms with Gasteiger partial charge < -0.3 is 15.3 Å². The molecule has 1 aromatic rings. The van der Waals surface area contributed by atoms with E-state index in [-0.39, 0.29) is 17.9 Å². The summed E-state index contributed by atoms with van der Waals surface area (Å²) in [5.41, 5.74) is -1.38. The number of benzene rings is 1. The molecule has 0 saturated carbocycles. The number of hydrogen-bond donors (Lipinski definition) is 3. The molecule has 0 saturated heterocycles. The Morgan fingerprint density at radius 2 is 1.83 bits per heavy atom. The normalized spacial score (nSPS) is 15.4. The maximum atomic E-state index is 12.5. The van der Waals surface area contributed by atoms with Gasteiger partial charge in [-0.2, -0.15) is 13.2 Å². The predicted octanol–water partition coefficient (Wildman–Crippen LogP) is 2.43. The Hall–Kier alpha value is -0.980. The Kier molecular flexibility index (Phi) is 4.84. The molecule has 0 aliphatic carbocycles. The van der Waals surface area contributed by atoms with Gasteiger partial charge in [0.2, 0.25) is 0 Å². The highest BCUT2D eigenvalue weighted by Crippen LogP contribution is 2.37. The lowest BCUT2D eigenvalue weighted by Gasteiger charge is -2.19. The second-order valence-corrected chi connectivity index (χ2v) is 4.14. The van der Waals surface area contributed by atoms with Crippen LogP contribution in [0, 0.1) is 0 Å². The molecule has 0 heterocycles. The van der Waals surface area contributed by atoms with Gasteiger partial charge in [0.15, 0.2) is 0 Å². The number of phenols is 1. The third-order valence-corrected chi connectivity index (χ3v) is 2.66. The maximum absolute atomic E-state index is 12.5. The van der Waals surface area contributed by atoms with Crippen LogP contribution in [-0.2, 0) is 6.18 Å². The number of aromatic hydroxyl groups is 1. The fourth-order valence-electron chi connectivity index (χ4n) is 1.46. The standard InChI is InChI=1S/C11H12ClF3O3/c12-4-3-9(17)10(18)6-1-2-8(16)7(5-6)11(13,14)15/h1-2,5,9-10,16-18H,3-4H2. The first-order valence-electron chi connectivity index (χ1n) is 5.09. The number of aliphatic hydroxyl groups is 2. The van der Waals surface area contributed by atoms with Crippen LogP contribution in [0.25, 0.3) is 0 Å². The third-order valence-electron chi connectivity index (χ3n) is 2.44. The molecule has 102 valence electrons. The lowest BCUT2D eigenvalue weighted by Crippen LogP contribution is -2.19. The van der Waals surface area contributed by atoms with Gasteiger partial charge in [-0.3, -0.25) is 0 Å². The van der Waals surface area contributed by atoms with Crippen molar-refractivity contribution in [3.05, 3.63) is 29.3 Å². The van der Waals surface area contributed by atoms with Crippen molar-refractivity contribution in [3.8, 4) is 5.75 Å². The molecule has 0 amide bonds. The van der Waals surface area contributed by atoms with Crippen LogP contribution < -0.4 is 0 Å². The largest absolute Gasteiger partial charge is 0.507 e. The molecule has 18 heavy (non-hydrogen) atoms. The molecule has 0 aliphatic heterocycles. The van der Waals surface area contributed by atoms with Gasteiger partial charge in [-0.05, 0) is 24.1 Å². The first-order valence-corrected chi connectivity index (χ1v) is 5.63. The van der Waals surface area contributed by atoms with E-state index in [2.05, 4.69) is 0 Å². The molecule has 2 unspecified atom stereocenters. The summed E-state index contributed by atoms with van der Waals surface area (Å²) in [4.78, 5) is 0. The zero-order chi connectivity index (χ0) is 13.9. The third kappa shape index (κ3) is 3.51. The number of halogens is 4. The Labute approximate surface area is 106 Å². The Bertz CT molecular complexity index is 409. The van der Waals surface area contributed by atoms with Crippen LogP contribution in [0.15, 0.2) is 18.2 Å². The summed E-state index contributed by atoms with van der Waals surface area (Å²) in [7, 11) is 0. The lowest BCUT2D eigenvalue weighted by atomic mass is 10.00. The van der Waals surface area contributed by atoms with Crippen LogP contribution >= 0.6 is 11.6 Å². The van der Waals surface area contributed by atoms with Gasteiger partial charge in [0.05, 0.1) is 11.7 Å². The van der Waals surface area contributed by atoms with Crippen LogP contribution in [0.1, 0.15) is 23.7 Å². The zero-order valence-corrected chi connectivity index (χ0v) is 9.91. The van der Waals surface area contributed by atoms with Crippen LogP contribution in [-0.4, -0.2) is 27.3 Å². The minimum Gasteiger partial charge on any atom is -0.507 e. The molecule has 0 fully saturated rings. The Morgan fingerprint density at radius 1 is 1.22 bits per heavy atom. The van der Waals surface area contributed by atoms with E-state index in [1.807, 2.05) is 0 Å². The summed E-state index contributed by atoms with van der Waals surface area (Å²) in [5, 5.41) is 28.2. The van der Waals surface area contributed by atoms with Crippen LogP contribution in [0.5, 0.6) is 5.75 Å². The van der Waals surface area contributed by atoms with Crippen LogP contribution in [0.4, 0.5) is 13.2 Å². The summed E-state index contributed by atoms with van der Waals surface area (Å²) >= 11 is 5.37. The van der Waals surface area contributed by atoms with E-state index < -0.39 is 29.7 Å². The Balaban J connectivity index is 3.05. The van der Waals surface area contributed by atoms with E-state index in [9.17, 15) is 23.4 Å². The number of aliphatic hydroxyl groups excluding tert-OH is 2. The summed E-state index contributed by atoms with van der Waals surface area (Å²) in [6.45, 7) is 0. The molecule has 3 nitrogen and oxygen atoms in total. The minimum absolute atomic E-state index is 0.0466. The van der Waals surface area contributed by atoms with Gasteiger partial charge in [-0.1, -0.05) is 6.07 Å². The topological polar surface area (TPSA) is 60.7 Å². The highest BCUT2D eigenvalue weighted by molar-refractivity contribution is 6.17. The average Bonchev–Trinajstić information content (AvgIpc) is 2.27. The van der Waals surface area contributed by atoms with Crippen molar-refractivity contribution in [2.45, 2.75) is 24.8 Å². The summed E-state index contributed by atoms with van der Waals surface area (Å²) in [6, 6.07) is 2.55. The molecule has 0 aliphatic rings. The predicted molar refractivity (Wildman–Crippen MR) is 59.4 cm³/mol. The van der Waals surface area contributed by atoms with E-state index in [4.69, 9.17) is 16.7 Å². The molecule has 1 aromatic carbocycles. The fourth-order valence-corrected chi connectivity index (χ4v) is 1.68. The van der Waals surface area contributed by atoms with Gasteiger partial charge in [0, 0.05) is 5.88 Å². The second kappa shape index (κ2) is 5.77. The highest BCUT2D eigenvalue weighted by Gasteiger charge is 2.34. The van der Waals surface area contributed by atoms with E-state index in [0.29, 0.717) is 6.07 Å². The summed E-state index contributed by atoms with van der Waals surface area (Å²) in [6.07, 6.45) is -7.42. The average molecular weight is 285 g/mol. The van der Waals surface area contributed by atoms with Crippen molar-refractivity contribution in [2.75, 3.05) is 5.88 Å². The zero-order valence-electron chi connectivity index (χ0n) is 9.15. The maximum Gasteiger partial charge on any atom is 0.419 e. The van der Waals surface area contributed by atoms with Crippen molar-refractivity contribution < 1.29 is 28.5 Å². The number of alkyl halides is 4. The molecule has 0 radical (unpaired) electrons. The van der Waals surface area contributed by atoms with Crippen LogP contribution in [0.2, 0.25) is 0 Å². The number of rotatable bonds is 4. The fraction of sp³-hybridized carbons (Fsp3) is 0.455. The van der Waals surface area contributed by atoms with Gasteiger partial charge in [0.25, 0.3) is 0 Å².